The Kier molecular flexibility index (Phi) is 2.80. The highest BCUT2D eigenvalue weighted by Gasteiger charge is 2.89. The van der Waals surface area contributed by atoms with Gasteiger partial charge < -0.3 is 0 Å². The number of hydrogen-bond donors (Lipinski definition) is 0. The molecule has 0 radical (unpaired) electrons. The number of allylic oxidation sites excluding steroid dienone is 2. The molecule has 4 rings (SSSR count). The zero-order valence-electron chi connectivity index (χ0n) is 11.2. The van der Waals surface area contributed by atoms with E-state index in [-0.39, 0.29) is 0 Å². The molecule has 0 heterocycles. The molecule has 0 nitrogen and oxygen atoms in total. The number of hydrogen-bond acceptors (Lipinski definition) is 0. The van der Waals surface area contributed by atoms with Gasteiger partial charge in [0.2, 0.25) is 0 Å². The summed E-state index contributed by atoms with van der Waals surface area (Å²) in [6, 6.07) is 20.2. The van der Waals surface area contributed by atoms with Crippen LogP contribution in [-0.4, -0.2) is 9.21 Å². The third-order valence-electron chi connectivity index (χ3n) is 4.83. The van der Waals surface area contributed by atoms with Crippen molar-refractivity contribution in [2.75, 3.05) is 0 Å². The number of benzene rings is 2. The van der Waals surface area contributed by atoms with Gasteiger partial charge in [0.15, 0.2) is 4.33 Å². The molecule has 1 fully saturated rings. The standard InChI is InChI=1S/C18H13Cl3/c19-17-15(13-7-3-1-4-8-13)11-12-16(17,18(17,20)21)14-9-5-2-6-10-14/h1-11H,12H2. The van der Waals surface area contributed by atoms with Crippen molar-refractivity contribution in [2.45, 2.75) is 21.0 Å². The number of rotatable bonds is 2. The predicted octanol–water partition coefficient (Wildman–Crippen LogP) is 5.58. The van der Waals surface area contributed by atoms with E-state index in [4.69, 9.17) is 34.8 Å². The minimum absolute atomic E-state index is 0.433. The van der Waals surface area contributed by atoms with E-state index in [1.165, 1.54) is 0 Å². The Bertz CT molecular complexity index is 721. The lowest BCUT2D eigenvalue weighted by atomic mass is 9.92. The fourth-order valence-electron chi connectivity index (χ4n) is 3.73. The summed E-state index contributed by atoms with van der Waals surface area (Å²) in [7, 11) is 0. The molecule has 106 valence electrons. The van der Waals surface area contributed by atoms with Crippen molar-refractivity contribution >= 4 is 40.4 Å². The normalized spacial score (nSPS) is 32.4. The number of fused-ring (bicyclic) bond motifs is 1. The molecule has 0 aromatic heterocycles. The molecule has 1 saturated carbocycles. The van der Waals surface area contributed by atoms with Gasteiger partial charge in [-0.05, 0) is 23.1 Å². The molecule has 0 aliphatic heterocycles. The average Bonchev–Trinajstić information content (AvgIpc) is 2.78. The van der Waals surface area contributed by atoms with Crippen molar-refractivity contribution < 1.29 is 0 Å². The Morgan fingerprint density at radius 1 is 0.762 bits per heavy atom. The van der Waals surface area contributed by atoms with Gasteiger partial charge >= 0.3 is 0 Å². The molecule has 2 aliphatic rings. The van der Waals surface area contributed by atoms with E-state index in [0.29, 0.717) is 0 Å². The van der Waals surface area contributed by atoms with Crippen LogP contribution in [0, 0.1) is 0 Å². The van der Waals surface area contributed by atoms with Crippen LogP contribution in [0.15, 0.2) is 66.7 Å². The van der Waals surface area contributed by atoms with Gasteiger partial charge in [0, 0.05) is 0 Å². The second-order valence-electron chi connectivity index (χ2n) is 5.69. The quantitative estimate of drug-likeness (QED) is 0.629. The maximum absolute atomic E-state index is 6.99. The summed E-state index contributed by atoms with van der Waals surface area (Å²) in [5.74, 6) is 0. The molecule has 0 N–H and O–H groups in total. The van der Waals surface area contributed by atoms with E-state index in [0.717, 1.165) is 23.1 Å². The van der Waals surface area contributed by atoms with Crippen LogP contribution in [0.4, 0.5) is 0 Å². The van der Waals surface area contributed by atoms with Gasteiger partial charge in [-0.3, -0.25) is 0 Å². The molecule has 2 atom stereocenters. The predicted molar refractivity (Wildman–Crippen MR) is 90.2 cm³/mol. The van der Waals surface area contributed by atoms with Gasteiger partial charge in [0.1, 0.15) is 4.87 Å². The van der Waals surface area contributed by atoms with Crippen molar-refractivity contribution in [1.82, 2.24) is 0 Å². The lowest BCUT2D eigenvalue weighted by Crippen LogP contribution is -2.15. The largest absolute Gasteiger partial charge is 0.154 e. The monoisotopic (exact) mass is 334 g/mol. The van der Waals surface area contributed by atoms with E-state index in [9.17, 15) is 0 Å². The third-order valence-corrected chi connectivity index (χ3v) is 7.04. The first-order valence-corrected chi connectivity index (χ1v) is 8.07. The van der Waals surface area contributed by atoms with Crippen LogP contribution in [0.3, 0.4) is 0 Å². The van der Waals surface area contributed by atoms with Crippen molar-refractivity contribution in [3.8, 4) is 0 Å². The van der Waals surface area contributed by atoms with Gasteiger partial charge in [-0.15, -0.1) is 11.6 Å². The highest BCUT2D eigenvalue weighted by atomic mass is 35.5. The van der Waals surface area contributed by atoms with Crippen LogP contribution in [-0.2, 0) is 5.41 Å². The summed E-state index contributed by atoms with van der Waals surface area (Å²) in [5.41, 5.74) is 2.80. The van der Waals surface area contributed by atoms with E-state index >= 15 is 0 Å². The molecule has 0 bridgehead atoms. The zero-order chi connectivity index (χ0) is 14.7. The molecule has 2 unspecified atom stereocenters. The molecule has 0 spiro atoms. The van der Waals surface area contributed by atoms with Gasteiger partial charge in [0.05, 0.1) is 5.41 Å². The molecule has 0 saturated heterocycles. The lowest BCUT2D eigenvalue weighted by Gasteiger charge is -2.15. The summed E-state index contributed by atoms with van der Waals surface area (Å²) >= 11 is 20.4. The number of halogens is 3. The van der Waals surface area contributed by atoms with Gasteiger partial charge in [-0.2, -0.15) is 0 Å². The van der Waals surface area contributed by atoms with Crippen LogP contribution < -0.4 is 0 Å². The highest BCUT2D eigenvalue weighted by Crippen LogP contribution is 2.83. The topological polar surface area (TPSA) is 0 Å². The molecule has 0 amide bonds. The summed E-state index contributed by atoms with van der Waals surface area (Å²) < 4.78 is -0.983. The lowest BCUT2D eigenvalue weighted by molar-refractivity contribution is 0.699. The Balaban J connectivity index is 1.86. The molecule has 2 aromatic carbocycles. The Morgan fingerprint density at radius 2 is 1.33 bits per heavy atom. The minimum Gasteiger partial charge on any atom is -0.110 e. The molecule has 2 aliphatic carbocycles. The maximum Gasteiger partial charge on any atom is 0.154 e. The second-order valence-corrected chi connectivity index (χ2v) is 7.59. The van der Waals surface area contributed by atoms with Crippen molar-refractivity contribution in [3.05, 3.63) is 77.9 Å². The fraction of sp³-hybridized carbons (Fsp3) is 0.222. The number of alkyl halides is 3. The Labute approximate surface area is 139 Å². The molecular weight excluding hydrogens is 323 g/mol. The van der Waals surface area contributed by atoms with Crippen LogP contribution in [0.2, 0.25) is 0 Å². The third kappa shape index (κ3) is 1.44. The van der Waals surface area contributed by atoms with Crippen LogP contribution in [0.5, 0.6) is 0 Å². The summed E-state index contributed by atoms with van der Waals surface area (Å²) in [6.45, 7) is 0. The molecule has 2 aromatic rings. The van der Waals surface area contributed by atoms with Crippen molar-refractivity contribution in [1.29, 1.82) is 0 Å². The molecular formula is C18H13Cl3. The summed E-state index contributed by atoms with van der Waals surface area (Å²) in [6.07, 6.45) is 2.94. The van der Waals surface area contributed by atoms with Gasteiger partial charge in [-0.25, -0.2) is 0 Å². The van der Waals surface area contributed by atoms with Crippen LogP contribution in [0.1, 0.15) is 17.5 Å². The SMILES string of the molecule is ClC1(Cl)C2(Cl)C(c3ccccc3)=CCC12c1ccccc1. The molecule has 3 heteroatoms. The van der Waals surface area contributed by atoms with Crippen LogP contribution in [0.25, 0.3) is 5.57 Å². The maximum atomic E-state index is 6.99. The van der Waals surface area contributed by atoms with Gasteiger partial charge in [-0.1, -0.05) is 89.9 Å². The van der Waals surface area contributed by atoms with Gasteiger partial charge in [0.25, 0.3) is 0 Å². The van der Waals surface area contributed by atoms with E-state index in [2.05, 4.69) is 30.3 Å². The van der Waals surface area contributed by atoms with E-state index in [1.807, 2.05) is 36.4 Å². The fourth-order valence-corrected chi connectivity index (χ4v) is 5.54. The van der Waals surface area contributed by atoms with E-state index < -0.39 is 14.6 Å². The summed E-state index contributed by atoms with van der Waals surface area (Å²) in [5, 5.41) is 0. The highest BCUT2D eigenvalue weighted by molar-refractivity contribution is 6.63. The Morgan fingerprint density at radius 3 is 1.90 bits per heavy atom. The van der Waals surface area contributed by atoms with Crippen LogP contribution >= 0.6 is 34.8 Å². The van der Waals surface area contributed by atoms with E-state index in [1.54, 1.807) is 0 Å². The van der Waals surface area contributed by atoms with Crippen molar-refractivity contribution in [2.24, 2.45) is 0 Å². The first-order chi connectivity index (χ1) is 10.1. The summed E-state index contributed by atoms with van der Waals surface area (Å²) in [4.78, 5) is -0.758. The Hall–Kier alpha value is -0.950. The second kappa shape index (κ2) is 4.29. The molecule has 21 heavy (non-hydrogen) atoms. The first kappa shape index (κ1) is 13.7. The smallest absolute Gasteiger partial charge is 0.110 e. The minimum atomic E-state index is -0.983. The van der Waals surface area contributed by atoms with Crippen molar-refractivity contribution in [3.63, 3.8) is 0 Å². The first-order valence-electron chi connectivity index (χ1n) is 6.94. The zero-order valence-corrected chi connectivity index (χ0v) is 13.5. The average molecular weight is 336 g/mol.